The number of unbranched alkanes of at least 4 members (excludes halogenated alkanes) is 3. The quantitative estimate of drug-likeness (QED) is 0.514. The van der Waals surface area contributed by atoms with E-state index in [1.807, 2.05) is 0 Å². The van der Waals surface area contributed by atoms with E-state index in [4.69, 9.17) is 4.74 Å². The smallest absolute Gasteiger partial charge is 0.0587 e. The third-order valence-corrected chi connectivity index (χ3v) is 3.31. The van der Waals surface area contributed by atoms with Gasteiger partial charge in [-0.05, 0) is 52.7 Å². The fraction of sp³-hybridized carbons (Fsp3) is 1.00. The molecule has 0 aliphatic heterocycles. The molecule has 0 fully saturated rings. The highest BCUT2D eigenvalue weighted by Crippen LogP contribution is 2.05. The van der Waals surface area contributed by atoms with E-state index in [-0.39, 0.29) is 0 Å². The molecule has 3 nitrogen and oxygen atoms in total. The molecule has 3 heteroatoms. The molecular weight excluding hydrogens is 224 g/mol. The lowest BCUT2D eigenvalue weighted by Gasteiger charge is -2.26. The number of nitrogens with one attached hydrogen (secondary N) is 1. The minimum atomic E-state index is 0.684. The number of nitrogens with zero attached hydrogens (tertiary/aromatic N) is 1. The van der Waals surface area contributed by atoms with Crippen LogP contribution in [0.4, 0.5) is 0 Å². The standard InChI is InChI=1S/C15H34N2O/c1-5-6-8-12-17(15(2)3)13-9-7-10-16-11-14-18-4/h15-16H,5-14H2,1-4H3. The molecule has 0 aromatic carbocycles. The summed E-state index contributed by atoms with van der Waals surface area (Å²) in [4.78, 5) is 2.62. The minimum absolute atomic E-state index is 0.684. The summed E-state index contributed by atoms with van der Waals surface area (Å²) in [6, 6.07) is 0.684. The van der Waals surface area contributed by atoms with Crippen molar-refractivity contribution in [3.05, 3.63) is 0 Å². The van der Waals surface area contributed by atoms with Crippen LogP contribution >= 0.6 is 0 Å². The van der Waals surface area contributed by atoms with Crippen LogP contribution in [0.25, 0.3) is 0 Å². The summed E-state index contributed by atoms with van der Waals surface area (Å²) in [5.41, 5.74) is 0. The van der Waals surface area contributed by atoms with Gasteiger partial charge in [-0.3, -0.25) is 0 Å². The Kier molecular flexibility index (Phi) is 13.2. The molecule has 0 aromatic rings. The second kappa shape index (κ2) is 13.3. The zero-order valence-electron chi connectivity index (χ0n) is 13.0. The molecule has 0 spiro atoms. The Balaban J connectivity index is 3.46. The van der Waals surface area contributed by atoms with E-state index in [0.29, 0.717) is 6.04 Å². The molecule has 0 aromatic heterocycles. The van der Waals surface area contributed by atoms with Gasteiger partial charge in [-0.25, -0.2) is 0 Å². The van der Waals surface area contributed by atoms with E-state index in [9.17, 15) is 0 Å². The number of ether oxygens (including phenoxy) is 1. The maximum absolute atomic E-state index is 5.00. The van der Waals surface area contributed by atoms with Crippen LogP contribution < -0.4 is 5.32 Å². The van der Waals surface area contributed by atoms with E-state index < -0.39 is 0 Å². The third-order valence-electron chi connectivity index (χ3n) is 3.31. The zero-order chi connectivity index (χ0) is 13.6. The van der Waals surface area contributed by atoms with Crippen LogP contribution in [0.1, 0.15) is 52.9 Å². The highest BCUT2D eigenvalue weighted by atomic mass is 16.5. The molecule has 18 heavy (non-hydrogen) atoms. The Morgan fingerprint density at radius 2 is 1.67 bits per heavy atom. The number of hydrogen-bond acceptors (Lipinski definition) is 3. The third kappa shape index (κ3) is 11.0. The molecule has 0 bridgehead atoms. The molecule has 0 rings (SSSR count). The average Bonchev–Trinajstić information content (AvgIpc) is 2.35. The lowest BCUT2D eigenvalue weighted by molar-refractivity contribution is 0.197. The molecule has 1 N–H and O–H groups in total. The van der Waals surface area contributed by atoms with Crippen molar-refractivity contribution in [2.75, 3.05) is 39.9 Å². The maximum atomic E-state index is 5.00. The van der Waals surface area contributed by atoms with Crippen molar-refractivity contribution >= 4 is 0 Å². The molecule has 0 unspecified atom stereocenters. The van der Waals surface area contributed by atoms with Gasteiger partial charge in [0.25, 0.3) is 0 Å². The van der Waals surface area contributed by atoms with Crippen LogP contribution in [0, 0.1) is 0 Å². The van der Waals surface area contributed by atoms with E-state index in [1.165, 1.54) is 45.2 Å². The number of rotatable bonds is 13. The molecule has 0 aliphatic rings. The van der Waals surface area contributed by atoms with Gasteiger partial charge in [-0.1, -0.05) is 19.8 Å². The summed E-state index contributed by atoms with van der Waals surface area (Å²) in [5, 5.41) is 3.40. The average molecular weight is 258 g/mol. The SMILES string of the molecule is CCCCCN(CCCCNCCOC)C(C)C. The first-order valence-corrected chi connectivity index (χ1v) is 7.66. The predicted molar refractivity (Wildman–Crippen MR) is 80.2 cm³/mol. The Labute approximate surface area is 114 Å². The van der Waals surface area contributed by atoms with E-state index in [0.717, 1.165) is 19.7 Å². The minimum Gasteiger partial charge on any atom is -0.383 e. The van der Waals surface area contributed by atoms with E-state index in [2.05, 4.69) is 31.0 Å². The van der Waals surface area contributed by atoms with Crippen LogP contribution in [0.15, 0.2) is 0 Å². The summed E-state index contributed by atoms with van der Waals surface area (Å²) < 4.78 is 5.00. The first kappa shape index (κ1) is 17.9. The summed E-state index contributed by atoms with van der Waals surface area (Å²) in [7, 11) is 1.75. The predicted octanol–water partition coefficient (Wildman–Crippen LogP) is 2.90. The molecule has 0 atom stereocenters. The van der Waals surface area contributed by atoms with Gasteiger partial charge in [0, 0.05) is 19.7 Å². The fourth-order valence-corrected chi connectivity index (χ4v) is 2.06. The largest absolute Gasteiger partial charge is 0.383 e. The van der Waals surface area contributed by atoms with Crippen LogP contribution in [0.3, 0.4) is 0 Å². The van der Waals surface area contributed by atoms with Gasteiger partial charge in [0.1, 0.15) is 0 Å². The number of methoxy groups -OCH3 is 1. The van der Waals surface area contributed by atoms with Gasteiger partial charge in [0.2, 0.25) is 0 Å². The lowest BCUT2D eigenvalue weighted by atomic mass is 10.2. The zero-order valence-corrected chi connectivity index (χ0v) is 13.0. The van der Waals surface area contributed by atoms with Crippen molar-refractivity contribution in [2.45, 2.75) is 58.9 Å². The first-order chi connectivity index (χ1) is 8.72. The lowest BCUT2D eigenvalue weighted by Crippen LogP contribution is -2.33. The van der Waals surface area contributed by atoms with Crippen molar-refractivity contribution in [1.82, 2.24) is 10.2 Å². The Bertz CT molecular complexity index is 163. The highest BCUT2D eigenvalue weighted by molar-refractivity contribution is 4.63. The summed E-state index contributed by atoms with van der Waals surface area (Å²) in [5.74, 6) is 0. The first-order valence-electron chi connectivity index (χ1n) is 7.66. The van der Waals surface area contributed by atoms with Crippen LogP contribution in [-0.2, 0) is 4.74 Å². The second-order valence-corrected chi connectivity index (χ2v) is 5.29. The Morgan fingerprint density at radius 1 is 1.00 bits per heavy atom. The van der Waals surface area contributed by atoms with E-state index in [1.54, 1.807) is 7.11 Å². The van der Waals surface area contributed by atoms with Gasteiger partial charge in [0.15, 0.2) is 0 Å². The monoisotopic (exact) mass is 258 g/mol. The van der Waals surface area contributed by atoms with Gasteiger partial charge in [-0.15, -0.1) is 0 Å². The van der Waals surface area contributed by atoms with Crippen molar-refractivity contribution in [2.24, 2.45) is 0 Å². The van der Waals surface area contributed by atoms with Crippen LogP contribution in [0.2, 0.25) is 0 Å². The van der Waals surface area contributed by atoms with Crippen molar-refractivity contribution in [3.8, 4) is 0 Å². The van der Waals surface area contributed by atoms with Crippen LogP contribution in [-0.4, -0.2) is 50.8 Å². The van der Waals surface area contributed by atoms with Gasteiger partial charge in [-0.2, -0.15) is 0 Å². The summed E-state index contributed by atoms with van der Waals surface area (Å²) in [6.07, 6.45) is 6.59. The fourth-order valence-electron chi connectivity index (χ4n) is 2.06. The van der Waals surface area contributed by atoms with E-state index >= 15 is 0 Å². The molecule has 0 radical (unpaired) electrons. The Hall–Kier alpha value is -0.120. The van der Waals surface area contributed by atoms with Gasteiger partial charge < -0.3 is 15.0 Å². The van der Waals surface area contributed by atoms with Crippen LogP contribution in [0.5, 0.6) is 0 Å². The van der Waals surface area contributed by atoms with Crippen molar-refractivity contribution in [3.63, 3.8) is 0 Å². The normalized spacial score (nSPS) is 11.7. The number of hydrogen-bond donors (Lipinski definition) is 1. The van der Waals surface area contributed by atoms with Crippen molar-refractivity contribution < 1.29 is 4.74 Å². The van der Waals surface area contributed by atoms with Gasteiger partial charge >= 0.3 is 0 Å². The Morgan fingerprint density at radius 3 is 2.22 bits per heavy atom. The molecule has 0 saturated carbocycles. The molecular formula is C15H34N2O. The summed E-state index contributed by atoms with van der Waals surface area (Å²) >= 11 is 0. The maximum Gasteiger partial charge on any atom is 0.0587 e. The molecule has 0 amide bonds. The molecule has 0 saturated heterocycles. The molecule has 0 aliphatic carbocycles. The molecule has 110 valence electrons. The molecule has 0 heterocycles. The second-order valence-electron chi connectivity index (χ2n) is 5.29. The van der Waals surface area contributed by atoms with Gasteiger partial charge in [0.05, 0.1) is 6.61 Å². The summed E-state index contributed by atoms with van der Waals surface area (Å²) in [6.45, 7) is 12.3. The van der Waals surface area contributed by atoms with Crippen molar-refractivity contribution in [1.29, 1.82) is 0 Å². The topological polar surface area (TPSA) is 24.5 Å². The highest BCUT2D eigenvalue weighted by Gasteiger charge is 2.07.